The Bertz CT molecular complexity index is 326. The molecular formula is C14H23NO2. The summed E-state index contributed by atoms with van der Waals surface area (Å²) in [6.45, 7) is 7.78. The van der Waals surface area contributed by atoms with Crippen LogP contribution in [-0.2, 0) is 9.47 Å². The van der Waals surface area contributed by atoms with Crippen molar-refractivity contribution in [1.82, 2.24) is 0 Å². The lowest BCUT2D eigenvalue weighted by Gasteiger charge is -2.17. The molecule has 1 unspecified atom stereocenters. The van der Waals surface area contributed by atoms with Gasteiger partial charge in [0.2, 0.25) is 0 Å². The monoisotopic (exact) mass is 237 g/mol. The third kappa shape index (κ3) is 5.31. The van der Waals surface area contributed by atoms with Crippen LogP contribution in [0.15, 0.2) is 24.3 Å². The molecule has 0 amide bonds. The molecule has 0 aliphatic heterocycles. The maximum Gasteiger partial charge on any atom is 0.0948 e. The number of rotatable bonds is 7. The van der Waals surface area contributed by atoms with Crippen LogP contribution in [0.4, 0.5) is 0 Å². The summed E-state index contributed by atoms with van der Waals surface area (Å²) in [5.74, 6) is 0. The van der Waals surface area contributed by atoms with Gasteiger partial charge in [-0.05, 0) is 26.3 Å². The first-order chi connectivity index (χ1) is 8.13. The van der Waals surface area contributed by atoms with Gasteiger partial charge in [0.25, 0.3) is 0 Å². The predicted octanol–water partition coefficient (Wildman–Crippen LogP) is 2.44. The van der Waals surface area contributed by atoms with Crippen molar-refractivity contribution < 1.29 is 9.47 Å². The maximum atomic E-state index is 5.73. The van der Waals surface area contributed by atoms with E-state index in [9.17, 15) is 0 Å². The first kappa shape index (κ1) is 14.2. The molecule has 0 aliphatic carbocycles. The van der Waals surface area contributed by atoms with E-state index in [-0.39, 0.29) is 12.2 Å². The summed E-state index contributed by atoms with van der Waals surface area (Å²) < 4.78 is 11.2. The summed E-state index contributed by atoms with van der Waals surface area (Å²) >= 11 is 0. The van der Waals surface area contributed by atoms with Crippen molar-refractivity contribution in [3.05, 3.63) is 35.4 Å². The van der Waals surface area contributed by atoms with Crippen molar-refractivity contribution in [2.45, 2.75) is 33.0 Å². The van der Waals surface area contributed by atoms with E-state index < -0.39 is 0 Å². The Morgan fingerprint density at radius 3 is 2.47 bits per heavy atom. The van der Waals surface area contributed by atoms with Crippen molar-refractivity contribution in [3.8, 4) is 0 Å². The Morgan fingerprint density at radius 2 is 1.88 bits per heavy atom. The molecule has 0 heterocycles. The minimum atomic E-state index is -0.0364. The molecule has 1 aromatic rings. The van der Waals surface area contributed by atoms with Crippen molar-refractivity contribution in [3.63, 3.8) is 0 Å². The van der Waals surface area contributed by atoms with Crippen molar-refractivity contribution in [1.29, 1.82) is 0 Å². The Hall–Kier alpha value is -0.900. The third-order valence-electron chi connectivity index (χ3n) is 2.48. The van der Waals surface area contributed by atoms with E-state index in [1.165, 1.54) is 5.56 Å². The molecule has 3 heteroatoms. The molecule has 1 aromatic carbocycles. The lowest BCUT2D eigenvalue weighted by Crippen LogP contribution is -2.19. The second kappa shape index (κ2) is 7.43. The predicted molar refractivity (Wildman–Crippen MR) is 70.0 cm³/mol. The van der Waals surface area contributed by atoms with E-state index >= 15 is 0 Å². The van der Waals surface area contributed by atoms with Gasteiger partial charge in [-0.1, -0.05) is 29.8 Å². The molecule has 1 rings (SSSR count). The molecule has 0 aliphatic rings. The number of nitrogens with two attached hydrogens (primary N) is 1. The smallest absolute Gasteiger partial charge is 0.0948 e. The summed E-state index contributed by atoms with van der Waals surface area (Å²) in [6, 6.07) is 8.26. The van der Waals surface area contributed by atoms with Gasteiger partial charge < -0.3 is 15.2 Å². The minimum absolute atomic E-state index is 0.0364. The van der Waals surface area contributed by atoms with Gasteiger partial charge >= 0.3 is 0 Å². The van der Waals surface area contributed by atoms with Crippen LogP contribution in [0.1, 0.15) is 31.1 Å². The van der Waals surface area contributed by atoms with E-state index in [2.05, 4.69) is 19.1 Å². The first-order valence-electron chi connectivity index (χ1n) is 6.13. The van der Waals surface area contributed by atoms with Gasteiger partial charge in [0.1, 0.15) is 0 Å². The fourth-order valence-electron chi connectivity index (χ4n) is 1.64. The molecular weight excluding hydrogens is 214 g/mol. The number of hydrogen-bond acceptors (Lipinski definition) is 3. The highest BCUT2D eigenvalue weighted by atomic mass is 16.5. The molecule has 0 aromatic heterocycles. The summed E-state index contributed by atoms with van der Waals surface area (Å²) in [5.41, 5.74) is 8.09. The molecule has 0 saturated carbocycles. The van der Waals surface area contributed by atoms with E-state index in [0.717, 1.165) is 5.56 Å². The zero-order valence-electron chi connectivity index (χ0n) is 11.0. The highest BCUT2D eigenvalue weighted by Gasteiger charge is 2.09. The van der Waals surface area contributed by atoms with Gasteiger partial charge in [0, 0.05) is 6.54 Å². The molecule has 3 nitrogen and oxygen atoms in total. The lowest BCUT2D eigenvalue weighted by molar-refractivity contribution is -0.0104. The van der Waals surface area contributed by atoms with Gasteiger partial charge in [-0.2, -0.15) is 0 Å². The second-order valence-electron chi connectivity index (χ2n) is 4.43. The second-order valence-corrected chi connectivity index (χ2v) is 4.43. The Balaban J connectivity index is 2.43. The Kier molecular flexibility index (Phi) is 6.19. The van der Waals surface area contributed by atoms with Crippen molar-refractivity contribution >= 4 is 0 Å². The van der Waals surface area contributed by atoms with Crippen LogP contribution in [0, 0.1) is 6.92 Å². The minimum Gasteiger partial charge on any atom is -0.376 e. The van der Waals surface area contributed by atoms with Crippen LogP contribution in [0.2, 0.25) is 0 Å². The fraction of sp³-hybridized carbons (Fsp3) is 0.571. The van der Waals surface area contributed by atoms with E-state index in [1.54, 1.807) is 0 Å². The Labute approximate surface area is 104 Å². The van der Waals surface area contributed by atoms with Crippen molar-refractivity contribution in [2.24, 2.45) is 5.73 Å². The fourth-order valence-corrected chi connectivity index (χ4v) is 1.64. The largest absolute Gasteiger partial charge is 0.376 e. The number of hydrogen-bond donors (Lipinski definition) is 1. The summed E-state index contributed by atoms with van der Waals surface area (Å²) in [5, 5.41) is 0. The van der Waals surface area contributed by atoms with Crippen LogP contribution >= 0.6 is 0 Å². The van der Waals surface area contributed by atoms with Crippen LogP contribution in [0.3, 0.4) is 0 Å². The van der Waals surface area contributed by atoms with Gasteiger partial charge in [-0.25, -0.2) is 0 Å². The SMILES string of the molecule is Cc1cccc(C(CN)OCCOC(C)C)c1. The van der Waals surface area contributed by atoms with Crippen LogP contribution in [0.5, 0.6) is 0 Å². The van der Waals surface area contributed by atoms with Gasteiger partial charge in [0.05, 0.1) is 25.4 Å². The summed E-state index contributed by atoms with van der Waals surface area (Å²) in [4.78, 5) is 0. The highest BCUT2D eigenvalue weighted by molar-refractivity contribution is 5.24. The third-order valence-corrected chi connectivity index (χ3v) is 2.48. The van der Waals surface area contributed by atoms with Gasteiger partial charge in [-0.3, -0.25) is 0 Å². The average Bonchev–Trinajstić information content (AvgIpc) is 2.29. The van der Waals surface area contributed by atoms with Crippen LogP contribution in [0.25, 0.3) is 0 Å². The molecule has 0 fully saturated rings. The quantitative estimate of drug-likeness (QED) is 0.741. The molecule has 0 saturated heterocycles. The number of benzene rings is 1. The molecule has 0 bridgehead atoms. The van der Waals surface area contributed by atoms with E-state index in [4.69, 9.17) is 15.2 Å². The Morgan fingerprint density at radius 1 is 1.18 bits per heavy atom. The number of aryl methyl sites for hydroxylation is 1. The van der Waals surface area contributed by atoms with Crippen LogP contribution in [-0.4, -0.2) is 25.9 Å². The van der Waals surface area contributed by atoms with Crippen molar-refractivity contribution in [2.75, 3.05) is 19.8 Å². The lowest BCUT2D eigenvalue weighted by atomic mass is 10.1. The van der Waals surface area contributed by atoms with Gasteiger partial charge in [0.15, 0.2) is 0 Å². The molecule has 0 spiro atoms. The zero-order valence-corrected chi connectivity index (χ0v) is 11.0. The zero-order chi connectivity index (χ0) is 12.7. The van der Waals surface area contributed by atoms with Gasteiger partial charge in [-0.15, -0.1) is 0 Å². The van der Waals surface area contributed by atoms with E-state index in [1.807, 2.05) is 26.0 Å². The standard InChI is InChI=1S/C14H23NO2/c1-11(2)16-7-8-17-14(10-15)13-6-4-5-12(3)9-13/h4-6,9,11,14H,7-8,10,15H2,1-3H3. The molecule has 1 atom stereocenters. The molecule has 2 N–H and O–H groups in total. The van der Waals surface area contributed by atoms with Crippen LogP contribution < -0.4 is 5.73 Å². The molecule has 96 valence electrons. The molecule has 0 radical (unpaired) electrons. The topological polar surface area (TPSA) is 44.5 Å². The normalized spacial score (nSPS) is 13.0. The maximum absolute atomic E-state index is 5.73. The van der Waals surface area contributed by atoms with E-state index in [0.29, 0.717) is 19.8 Å². The highest BCUT2D eigenvalue weighted by Crippen LogP contribution is 2.17. The summed E-state index contributed by atoms with van der Waals surface area (Å²) in [6.07, 6.45) is 0.208. The average molecular weight is 237 g/mol. The molecule has 17 heavy (non-hydrogen) atoms. The number of ether oxygens (including phenoxy) is 2. The first-order valence-corrected chi connectivity index (χ1v) is 6.13. The summed E-state index contributed by atoms with van der Waals surface area (Å²) in [7, 11) is 0.